The van der Waals surface area contributed by atoms with Gasteiger partial charge in [0.05, 0.1) is 5.56 Å². The summed E-state index contributed by atoms with van der Waals surface area (Å²) in [5.41, 5.74) is 1.84. The molecule has 0 saturated heterocycles. The molecule has 1 aromatic carbocycles. The SMILES string of the molecule is CCC(C)NC(=O)c1ccc(C)cc1Br. The maximum atomic E-state index is 11.8. The number of carbonyl (C=O) groups is 1. The lowest BCUT2D eigenvalue weighted by Crippen LogP contribution is -2.32. The molecule has 1 amide bonds. The Morgan fingerprint density at radius 1 is 1.53 bits per heavy atom. The quantitative estimate of drug-likeness (QED) is 0.897. The number of aryl methyl sites for hydroxylation is 1. The first-order chi connectivity index (χ1) is 7.04. The molecule has 82 valence electrons. The van der Waals surface area contributed by atoms with Gasteiger partial charge in [-0.3, -0.25) is 4.79 Å². The maximum absolute atomic E-state index is 11.8. The fourth-order valence-electron chi connectivity index (χ4n) is 1.21. The van der Waals surface area contributed by atoms with Crippen molar-refractivity contribution in [1.29, 1.82) is 0 Å². The molecule has 1 aromatic rings. The minimum atomic E-state index is -0.0174. The highest BCUT2D eigenvalue weighted by atomic mass is 79.9. The fourth-order valence-corrected chi connectivity index (χ4v) is 1.88. The van der Waals surface area contributed by atoms with Gasteiger partial charge in [0.15, 0.2) is 0 Å². The number of nitrogens with one attached hydrogen (secondary N) is 1. The molecule has 0 aliphatic carbocycles. The monoisotopic (exact) mass is 269 g/mol. The van der Waals surface area contributed by atoms with Crippen molar-refractivity contribution in [2.75, 3.05) is 0 Å². The van der Waals surface area contributed by atoms with Crippen molar-refractivity contribution < 1.29 is 4.79 Å². The summed E-state index contributed by atoms with van der Waals surface area (Å²) in [6.07, 6.45) is 0.940. The van der Waals surface area contributed by atoms with Crippen LogP contribution in [0.3, 0.4) is 0 Å². The molecule has 3 heteroatoms. The van der Waals surface area contributed by atoms with E-state index in [1.54, 1.807) is 0 Å². The van der Waals surface area contributed by atoms with Crippen molar-refractivity contribution in [2.24, 2.45) is 0 Å². The van der Waals surface area contributed by atoms with Gasteiger partial charge in [-0.15, -0.1) is 0 Å². The van der Waals surface area contributed by atoms with Crippen LogP contribution in [0, 0.1) is 6.92 Å². The number of benzene rings is 1. The molecule has 1 unspecified atom stereocenters. The molecule has 1 N–H and O–H groups in total. The van der Waals surface area contributed by atoms with Gasteiger partial charge in [0.25, 0.3) is 5.91 Å². The molecule has 15 heavy (non-hydrogen) atoms. The van der Waals surface area contributed by atoms with E-state index in [2.05, 4.69) is 28.2 Å². The van der Waals surface area contributed by atoms with Crippen LogP contribution < -0.4 is 5.32 Å². The van der Waals surface area contributed by atoms with E-state index >= 15 is 0 Å². The van der Waals surface area contributed by atoms with Gasteiger partial charge in [0, 0.05) is 10.5 Å². The standard InChI is InChI=1S/C12H16BrNO/c1-4-9(3)14-12(15)10-6-5-8(2)7-11(10)13/h5-7,9H,4H2,1-3H3,(H,14,15). The van der Waals surface area contributed by atoms with Gasteiger partial charge in [0.1, 0.15) is 0 Å². The van der Waals surface area contributed by atoms with Crippen LogP contribution in [0.5, 0.6) is 0 Å². The molecule has 0 heterocycles. The number of amides is 1. The van der Waals surface area contributed by atoms with Crippen molar-refractivity contribution in [3.05, 3.63) is 33.8 Å². The predicted molar refractivity (Wildman–Crippen MR) is 66.1 cm³/mol. The summed E-state index contributed by atoms with van der Waals surface area (Å²) in [6.45, 7) is 6.05. The minimum absolute atomic E-state index is 0.0174. The Labute approximate surface area is 99.2 Å². The topological polar surface area (TPSA) is 29.1 Å². The summed E-state index contributed by atoms with van der Waals surface area (Å²) in [6, 6.07) is 5.95. The van der Waals surface area contributed by atoms with Crippen molar-refractivity contribution in [3.63, 3.8) is 0 Å². The van der Waals surface area contributed by atoms with Crippen molar-refractivity contribution in [1.82, 2.24) is 5.32 Å². The number of hydrogen-bond donors (Lipinski definition) is 1. The van der Waals surface area contributed by atoms with Crippen LogP contribution in [-0.4, -0.2) is 11.9 Å². The number of carbonyl (C=O) groups excluding carboxylic acids is 1. The Kier molecular flexibility index (Phi) is 4.33. The normalized spacial score (nSPS) is 12.3. The smallest absolute Gasteiger partial charge is 0.252 e. The van der Waals surface area contributed by atoms with Gasteiger partial charge in [-0.2, -0.15) is 0 Å². The zero-order valence-electron chi connectivity index (χ0n) is 9.30. The van der Waals surface area contributed by atoms with Gasteiger partial charge in [-0.1, -0.05) is 13.0 Å². The Hall–Kier alpha value is -0.830. The van der Waals surface area contributed by atoms with Crippen molar-refractivity contribution in [2.45, 2.75) is 33.2 Å². The highest BCUT2D eigenvalue weighted by Crippen LogP contribution is 2.18. The van der Waals surface area contributed by atoms with Gasteiger partial charge in [0.2, 0.25) is 0 Å². The van der Waals surface area contributed by atoms with E-state index in [-0.39, 0.29) is 11.9 Å². The fraction of sp³-hybridized carbons (Fsp3) is 0.417. The molecule has 0 bridgehead atoms. The molecule has 0 radical (unpaired) electrons. The highest BCUT2D eigenvalue weighted by molar-refractivity contribution is 9.10. The van der Waals surface area contributed by atoms with Crippen LogP contribution in [0.25, 0.3) is 0 Å². The lowest BCUT2D eigenvalue weighted by atomic mass is 10.1. The van der Waals surface area contributed by atoms with Crippen molar-refractivity contribution >= 4 is 21.8 Å². The lowest BCUT2D eigenvalue weighted by molar-refractivity contribution is 0.0938. The molecule has 0 fully saturated rings. The molecule has 2 nitrogen and oxygen atoms in total. The number of rotatable bonds is 3. The summed E-state index contributed by atoms with van der Waals surface area (Å²) in [4.78, 5) is 11.8. The third-order valence-corrected chi connectivity index (χ3v) is 3.02. The van der Waals surface area contributed by atoms with E-state index in [9.17, 15) is 4.79 Å². The van der Waals surface area contributed by atoms with E-state index in [0.29, 0.717) is 5.56 Å². The van der Waals surface area contributed by atoms with E-state index in [4.69, 9.17) is 0 Å². The molecular formula is C12H16BrNO. The first-order valence-corrected chi connectivity index (χ1v) is 5.91. The second kappa shape index (κ2) is 5.31. The van der Waals surface area contributed by atoms with Gasteiger partial charge < -0.3 is 5.32 Å². The summed E-state index contributed by atoms with van der Waals surface area (Å²) in [5, 5.41) is 2.94. The molecule has 0 spiro atoms. The van der Waals surface area contributed by atoms with Crippen LogP contribution >= 0.6 is 15.9 Å². The minimum Gasteiger partial charge on any atom is -0.350 e. The second-order valence-corrected chi connectivity index (χ2v) is 4.62. The van der Waals surface area contributed by atoms with E-state index < -0.39 is 0 Å². The third kappa shape index (κ3) is 3.34. The molecule has 1 atom stereocenters. The van der Waals surface area contributed by atoms with E-state index in [1.165, 1.54) is 0 Å². The van der Waals surface area contributed by atoms with Gasteiger partial charge >= 0.3 is 0 Å². The molecular weight excluding hydrogens is 254 g/mol. The Bertz CT molecular complexity index is 363. The summed E-state index contributed by atoms with van der Waals surface area (Å²) in [5.74, 6) is -0.0174. The van der Waals surface area contributed by atoms with Crippen LogP contribution in [0.1, 0.15) is 36.2 Å². The predicted octanol–water partition coefficient (Wildman–Crippen LogP) is 3.29. The Morgan fingerprint density at radius 3 is 2.73 bits per heavy atom. The average molecular weight is 270 g/mol. The molecule has 0 aliphatic heterocycles. The van der Waals surface area contributed by atoms with Crippen LogP contribution in [0.2, 0.25) is 0 Å². The third-order valence-electron chi connectivity index (χ3n) is 2.36. The van der Waals surface area contributed by atoms with Gasteiger partial charge in [-0.25, -0.2) is 0 Å². The zero-order chi connectivity index (χ0) is 11.4. The Morgan fingerprint density at radius 2 is 2.20 bits per heavy atom. The lowest BCUT2D eigenvalue weighted by Gasteiger charge is -2.12. The second-order valence-electron chi connectivity index (χ2n) is 3.77. The van der Waals surface area contributed by atoms with Crippen LogP contribution in [-0.2, 0) is 0 Å². The Balaban J connectivity index is 2.82. The van der Waals surface area contributed by atoms with Gasteiger partial charge in [-0.05, 0) is 53.9 Å². The largest absolute Gasteiger partial charge is 0.350 e. The molecule has 0 aliphatic rings. The van der Waals surface area contributed by atoms with E-state index in [0.717, 1.165) is 16.5 Å². The number of hydrogen-bond acceptors (Lipinski definition) is 1. The highest BCUT2D eigenvalue weighted by Gasteiger charge is 2.11. The molecule has 0 aromatic heterocycles. The zero-order valence-corrected chi connectivity index (χ0v) is 10.9. The van der Waals surface area contributed by atoms with Crippen LogP contribution in [0.4, 0.5) is 0 Å². The first kappa shape index (κ1) is 12.2. The molecule has 0 saturated carbocycles. The average Bonchev–Trinajstić information content (AvgIpc) is 2.17. The van der Waals surface area contributed by atoms with Crippen LogP contribution in [0.15, 0.2) is 22.7 Å². The summed E-state index contributed by atoms with van der Waals surface area (Å²) < 4.78 is 0.850. The first-order valence-electron chi connectivity index (χ1n) is 5.11. The summed E-state index contributed by atoms with van der Waals surface area (Å²) >= 11 is 3.40. The van der Waals surface area contributed by atoms with E-state index in [1.807, 2.05) is 32.0 Å². The molecule has 1 rings (SSSR count). The number of halogens is 1. The van der Waals surface area contributed by atoms with Crippen molar-refractivity contribution in [3.8, 4) is 0 Å². The summed E-state index contributed by atoms with van der Waals surface area (Å²) in [7, 11) is 0. The maximum Gasteiger partial charge on any atom is 0.252 e.